The van der Waals surface area contributed by atoms with Crippen molar-refractivity contribution >= 4 is 53.1 Å². The van der Waals surface area contributed by atoms with Gasteiger partial charge in [0.2, 0.25) is 0 Å². The van der Waals surface area contributed by atoms with Crippen LogP contribution >= 0.6 is 47.2 Å². The second-order valence-electron chi connectivity index (χ2n) is 5.56. The van der Waals surface area contributed by atoms with E-state index in [9.17, 15) is 0 Å². The molecule has 6 nitrogen and oxygen atoms in total. The maximum Gasteiger partial charge on any atom is 0.191 e. The van der Waals surface area contributed by atoms with Crippen LogP contribution < -0.4 is 20.1 Å². The number of halogens is 3. The Morgan fingerprint density at radius 3 is 2.44 bits per heavy atom. The summed E-state index contributed by atoms with van der Waals surface area (Å²) in [6.45, 7) is 3.79. The van der Waals surface area contributed by atoms with Crippen LogP contribution in [0.15, 0.2) is 29.3 Å². The fourth-order valence-electron chi connectivity index (χ4n) is 2.42. The molecule has 0 radical (unpaired) electrons. The van der Waals surface area contributed by atoms with Gasteiger partial charge in [-0.2, -0.15) is 0 Å². The Hall–Kier alpha value is -1.32. The van der Waals surface area contributed by atoms with Gasteiger partial charge in [-0.05, 0) is 25.1 Å². The number of aromatic nitrogens is 1. The van der Waals surface area contributed by atoms with Crippen LogP contribution in [-0.2, 0) is 20.1 Å². The molecule has 0 aliphatic heterocycles. The van der Waals surface area contributed by atoms with Gasteiger partial charge in [-0.1, -0.05) is 23.2 Å². The molecule has 0 unspecified atom stereocenters. The first kappa shape index (κ1) is 23.7. The fraction of sp³-hybridized carbons (Fsp3) is 0.389. The molecule has 0 bridgehead atoms. The number of hydrogen-bond donors (Lipinski definition) is 2. The molecular formula is C18H25Cl2IN4O2. The van der Waals surface area contributed by atoms with Gasteiger partial charge < -0.3 is 24.7 Å². The predicted molar refractivity (Wildman–Crippen MR) is 122 cm³/mol. The van der Waals surface area contributed by atoms with E-state index < -0.39 is 0 Å². The van der Waals surface area contributed by atoms with Crippen LogP contribution in [0.2, 0.25) is 10.2 Å². The second-order valence-corrected chi connectivity index (χ2v) is 6.33. The van der Waals surface area contributed by atoms with Gasteiger partial charge in [0.05, 0.1) is 32.3 Å². The van der Waals surface area contributed by atoms with Crippen LogP contribution in [0.3, 0.4) is 0 Å². The first-order valence-corrected chi connectivity index (χ1v) is 8.98. The number of ether oxygens (including phenoxy) is 2. The summed E-state index contributed by atoms with van der Waals surface area (Å²) in [5.41, 5.74) is 1.93. The van der Waals surface area contributed by atoms with E-state index >= 15 is 0 Å². The molecule has 0 aliphatic rings. The van der Waals surface area contributed by atoms with Gasteiger partial charge >= 0.3 is 0 Å². The van der Waals surface area contributed by atoms with E-state index in [4.69, 9.17) is 32.7 Å². The SMILES string of the molecule is CCNC(=NCc1ccc(OC)cc1OC)NCc1cc(Cl)c(Cl)n1C.I. The molecule has 1 aromatic heterocycles. The minimum absolute atomic E-state index is 0. The van der Waals surface area contributed by atoms with Crippen molar-refractivity contribution in [1.82, 2.24) is 15.2 Å². The molecule has 0 saturated heterocycles. The normalized spacial score (nSPS) is 11.0. The number of aliphatic imine (C=N–C) groups is 1. The fourth-order valence-corrected chi connectivity index (χ4v) is 2.84. The first-order valence-electron chi connectivity index (χ1n) is 8.22. The van der Waals surface area contributed by atoms with Crippen LogP contribution in [0.5, 0.6) is 11.5 Å². The van der Waals surface area contributed by atoms with Crippen molar-refractivity contribution in [1.29, 1.82) is 0 Å². The first-order chi connectivity index (χ1) is 12.5. The van der Waals surface area contributed by atoms with Crippen molar-refractivity contribution in [3.05, 3.63) is 45.7 Å². The number of rotatable bonds is 7. The molecule has 1 heterocycles. The molecule has 2 N–H and O–H groups in total. The largest absolute Gasteiger partial charge is 0.497 e. The lowest BCUT2D eigenvalue weighted by molar-refractivity contribution is 0.391. The van der Waals surface area contributed by atoms with E-state index in [1.54, 1.807) is 14.2 Å². The van der Waals surface area contributed by atoms with Crippen molar-refractivity contribution in [2.24, 2.45) is 12.0 Å². The zero-order chi connectivity index (χ0) is 19.1. The summed E-state index contributed by atoms with van der Waals surface area (Å²) in [5.74, 6) is 2.18. The molecule has 1 aromatic carbocycles. The lowest BCUT2D eigenvalue weighted by Crippen LogP contribution is -2.37. The molecule has 0 aliphatic carbocycles. The summed E-state index contributed by atoms with van der Waals surface area (Å²) < 4.78 is 12.5. The second kappa shape index (κ2) is 11.5. The van der Waals surface area contributed by atoms with E-state index in [2.05, 4.69) is 15.6 Å². The summed E-state index contributed by atoms with van der Waals surface area (Å²) in [4.78, 5) is 4.62. The lowest BCUT2D eigenvalue weighted by atomic mass is 10.2. The van der Waals surface area contributed by atoms with Crippen molar-refractivity contribution in [2.75, 3.05) is 20.8 Å². The highest BCUT2D eigenvalue weighted by atomic mass is 127. The van der Waals surface area contributed by atoms with Crippen LogP contribution in [-0.4, -0.2) is 31.3 Å². The molecule has 150 valence electrons. The van der Waals surface area contributed by atoms with Gasteiger partial charge in [-0.25, -0.2) is 4.99 Å². The Morgan fingerprint density at radius 1 is 1.15 bits per heavy atom. The summed E-state index contributed by atoms with van der Waals surface area (Å²) in [7, 11) is 5.13. The monoisotopic (exact) mass is 526 g/mol. The van der Waals surface area contributed by atoms with Crippen molar-refractivity contribution in [2.45, 2.75) is 20.0 Å². The Balaban J connectivity index is 0.00000364. The van der Waals surface area contributed by atoms with Crippen LogP contribution in [0.4, 0.5) is 0 Å². The summed E-state index contributed by atoms with van der Waals surface area (Å²) in [6, 6.07) is 7.52. The van der Waals surface area contributed by atoms with Gasteiger partial charge in [-0.3, -0.25) is 0 Å². The van der Waals surface area contributed by atoms with Gasteiger partial charge in [-0.15, -0.1) is 24.0 Å². The lowest BCUT2D eigenvalue weighted by Gasteiger charge is -2.13. The highest BCUT2D eigenvalue weighted by molar-refractivity contribution is 14.0. The third kappa shape index (κ3) is 6.36. The number of methoxy groups -OCH3 is 2. The third-order valence-electron chi connectivity index (χ3n) is 3.90. The third-order valence-corrected chi connectivity index (χ3v) is 4.74. The molecule has 0 spiro atoms. The summed E-state index contributed by atoms with van der Waals surface area (Å²) in [5, 5.41) is 7.57. The number of guanidine groups is 1. The van der Waals surface area contributed by atoms with Gasteiger partial charge in [0.25, 0.3) is 0 Å². The number of benzene rings is 1. The van der Waals surface area contributed by atoms with Gasteiger partial charge in [0, 0.05) is 30.9 Å². The maximum absolute atomic E-state index is 6.11. The molecule has 0 saturated carbocycles. The Bertz CT molecular complexity index is 781. The van der Waals surface area contributed by atoms with E-state index in [1.165, 1.54) is 0 Å². The Labute approximate surface area is 187 Å². The molecule has 27 heavy (non-hydrogen) atoms. The molecule has 2 aromatic rings. The van der Waals surface area contributed by atoms with Crippen molar-refractivity contribution in [3.8, 4) is 11.5 Å². The minimum Gasteiger partial charge on any atom is -0.497 e. The Kier molecular flexibility index (Phi) is 10.1. The number of hydrogen-bond acceptors (Lipinski definition) is 3. The van der Waals surface area contributed by atoms with Crippen LogP contribution in [0, 0.1) is 0 Å². The predicted octanol–water partition coefficient (Wildman–Crippen LogP) is 4.22. The van der Waals surface area contributed by atoms with Gasteiger partial charge in [0.1, 0.15) is 16.7 Å². The van der Waals surface area contributed by atoms with E-state index in [1.807, 2.05) is 42.8 Å². The average Bonchev–Trinajstić information content (AvgIpc) is 2.90. The standard InChI is InChI=1S/C18H24Cl2N4O2.HI/c1-5-21-18(23-11-13-8-15(19)17(20)24(13)2)22-10-12-6-7-14(25-3)9-16(12)26-4;/h6-9H,5,10-11H2,1-4H3,(H2,21,22,23);1H. The highest BCUT2D eigenvalue weighted by Gasteiger charge is 2.10. The van der Waals surface area contributed by atoms with Crippen LogP contribution in [0.1, 0.15) is 18.2 Å². The highest BCUT2D eigenvalue weighted by Crippen LogP contribution is 2.26. The quantitative estimate of drug-likeness (QED) is 0.322. The summed E-state index contributed by atoms with van der Waals surface area (Å²) in [6.07, 6.45) is 0. The zero-order valence-electron chi connectivity index (χ0n) is 15.8. The van der Waals surface area contributed by atoms with Gasteiger partial charge in [0.15, 0.2) is 5.96 Å². The molecule has 2 rings (SSSR count). The molecule has 0 atom stereocenters. The zero-order valence-corrected chi connectivity index (χ0v) is 19.6. The summed E-state index contributed by atoms with van der Waals surface area (Å²) >= 11 is 12.2. The molecule has 9 heteroatoms. The van der Waals surface area contributed by atoms with Crippen molar-refractivity contribution < 1.29 is 9.47 Å². The minimum atomic E-state index is 0. The maximum atomic E-state index is 6.11. The topological polar surface area (TPSA) is 59.8 Å². The van der Waals surface area contributed by atoms with Crippen molar-refractivity contribution in [3.63, 3.8) is 0 Å². The van der Waals surface area contributed by atoms with Crippen LogP contribution in [0.25, 0.3) is 0 Å². The molecular weight excluding hydrogens is 502 g/mol. The molecule has 0 fully saturated rings. The number of nitrogens with one attached hydrogen (secondary N) is 2. The average molecular weight is 527 g/mol. The Morgan fingerprint density at radius 2 is 1.89 bits per heavy atom. The van der Waals surface area contributed by atoms with E-state index in [0.717, 1.165) is 29.3 Å². The smallest absolute Gasteiger partial charge is 0.191 e. The van der Waals surface area contributed by atoms with E-state index in [-0.39, 0.29) is 24.0 Å². The van der Waals surface area contributed by atoms with E-state index in [0.29, 0.717) is 29.2 Å². The number of nitrogens with zero attached hydrogens (tertiary/aromatic N) is 2. The molecule has 0 amide bonds.